The average Bonchev–Trinajstić information content (AvgIpc) is 2.65. The standard InChI is InChI=1S/C12H14F2N2.ClH/c1-7-5-15-6-8-4-9-10(13)2-3-11(14)12(9)16(7)8;/h2-3,7-8,15H,4-6H2,1H3;1H. The molecule has 2 nitrogen and oxygen atoms in total. The molecule has 0 aliphatic carbocycles. The van der Waals surface area contributed by atoms with Crippen LogP contribution in [0.25, 0.3) is 0 Å². The zero-order chi connectivity index (χ0) is 11.3. The van der Waals surface area contributed by atoms with Crippen LogP contribution >= 0.6 is 12.4 Å². The summed E-state index contributed by atoms with van der Waals surface area (Å²) in [6.45, 7) is 3.67. The molecule has 1 aromatic carbocycles. The number of hydrogen-bond donors (Lipinski definition) is 1. The second-order valence-corrected chi connectivity index (χ2v) is 4.63. The zero-order valence-corrected chi connectivity index (χ0v) is 10.4. The van der Waals surface area contributed by atoms with Crippen LogP contribution in [0.5, 0.6) is 0 Å². The molecule has 0 aromatic heterocycles. The molecule has 0 bridgehead atoms. The minimum Gasteiger partial charge on any atom is -0.360 e. The van der Waals surface area contributed by atoms with E-state index in [0.29, 0.717) is 17.7 Å². The van der Waals surface area contributed by atoms with Gasteiger partial charge < -0.3 is 10.2 Å². The lowest BCUT2D eigenvalue weighted by atomic mass is 10.1. The smallest absolute Gasteiger partial charge is 0.147 e. The Balaban J connectivity index is 0.00000108. The van der Waals surface area contributed by atoms with Gasteiger partial charge in [0.05, 0.1) is 5.69 Å². The van der Waals surface area contributed by atoms with E-state index in [4.69, 9.17) is 0 Å². The number of rotatable bonds is 0. The molecule has 1 N–H and O–H groups in total. The summed E-state index contributed by atoms with van der Waals surface area (Å²) in [5.41, 5.74) is 1.03. The number of nitrogens with one attached hydrogen (secondary N) is 1. The Kier molecular flexibility index (Phi) is 3.27. The van der Waals surface area contributed by atoms with Crippen molar-refractivity contribution in [3.63, 3.8) is 0 Å². The van der Waals surface area contributed by atoms with Gasteiger partial charge in [-0.3, -0.25) is 0 Å². The SMILES string of the molecule is CC1CNCC2Cc3c(F)ccc(F)c3N12.Cl. The van der Waals surface area contributed by atoms with Gasteiger partial charge in [0.25, 0.3) is 0 Å². The van der Waals surface area contributed by atoms with E-state index >= 15 is 0 Å². The van der Waals surface area contributed by atoms with Gasteiger partial charge in [0.15, 0.2) is 0 Å². The fraction of sp³-hybridized carbons (Fsp3) is 0.500. The second-order valence-electron chi connectivity index (χ2n) is 4.63. The van der Waals surface area contributed by atoms with Crippen LogP contribution in [0, 0.1) is 11.6 Å². The normalized spacial score (nSPS) is 26.2. The van der Waals surface area contributed by atoms with Gasteiger partial charge in [0.2, 0.25) is 0 Å². The van der Waals surface area contributed by atoms with Crippen LogP contribution in [0.3, 0.4) is 0 Å². The maximum Gasteiger partial charge on any atom is 0.147 e. The van der Waals surface area contributed by atoms with Gasteiger partial charge in [-0.15, -0.1) is 12.4 Å². The van der Waals surface area contributed by atoms with Crippen molar-refractivity contribution in [3.8, 4) is 0 Å². The molecule has 1 aromatic rings. The van der Waals surface area contributed by atoms with E-state index in [2.05, 4.69) is 5.32 Å². The molecule has 1 fully saturated rings. The summed E-state index contributed by atoms with van der Waals surface area (Å²) in [7, 11) is 0. The monoisotopic (exact) mass is 260 g/mol. The molecule has 0 amide bonds. The molecule has 2 atom stereocenters. The molecule has 2 aliphatic rings. The van der Waals surface area contributed by atoms with Crippen molar-refractivity contribution in [2.75, 3.05) is 18.0 Å². The van der Waals surface area contributed by atoms with Crippen LogP contribution in [-0.4, -0.2) is 25.2 Å². The highest BCUT2D eigenvalue weighted by Crippen LogP contribution is 2.38. The van der Waals surface area contributed by atoms with Gasteiger partial charge in [-0.25, -0.2) is 8.78 Å². The first kappa shape index (κ1) is 12.6. The summed E-state index contributed by atoms with van der Waals surface area (Å²) in [6.07, 6.45) is 0.607. The first-order valence-corrected chi connectivity index (χ1v) is 5.64. The fourth-order valence-electron chi connectivity index (χ4n) is 2.88. The van der Waals surface area contributed by atoms with Crippen LogP contribution in [0.1, 0.15) is 12.5 Å². The minimum atomic E-state index is -0.298. The number of anilines is 1. The maximum atomic E-state index is 13.8. The third-order valence-electron chi connectivity index (χ3n) is 3.56. The van der Waals surface area contributed by atoms with Gasteiger partial charge in [0.1, 0.15) is 11.6 Å². The molecule has 17 heavy (non-hydrogen) atoms. The highest BCUT2D eigenvalue weighted by molar-refractivity contribution is 5.85. The predicted octanol–water partition coefficient (Wildman–Crippen LogP) is 2.11. The van der Waals surface area contributed by atoms with E-state index in [0.717, 1.165) is 13.1 Å². The lowest BCUT2D eigenvalue weighted by Gasteiger charge is -2.38. The van der Waals surface area contributed by atoms with E-state index in [-0.39, 0.29) is 36.1 Å². The Morgan fingerprint density at radius 3 is 2.71 bits per heavy atom. The number of hydrogen-bond acceptors (Lipinski definition) is 2. The van der Waals surface area contributed by atoms with Crippen LogP contribution in [0.2, 0.25) is 0 Å². The van der Waals surface area contributed by atoms with Crippen molar-refractivity contribution in [3.05, 3.63) is 29.3 Å². The fourth-order valence-corrected chi connectivity index (χ4v) is 2.88. The molecule has 0 radical (unpaired) electrons. The topological polar surface area (TPSA) is 15.3 Å². The van der Waals surface area contributed by atoms with Gasteiger partial charge in [-0.2, -0.15) is 0 Å². The third-order valence-corrected chi connectivity index (χ3v) is 3.56. The molecule has 3 rings (SSSR count). The first-order chi connectivity index (χ1) is 7.68. The zero-order valence-electron chi connectivity index (χ0n) is 9.54. The molecule has 2 heterocycles. The number of nitrogens with zero attached hydrogens (tertiary/aromatic N) is 1. The van der Waals surface area contributed by atoms with Crippen LogP contribution in [0.4, 0.5) is 14.5 Å². The Hall–Kier alpha value is -0.870. The Labute approximate surface area is 105 Å². The number of halogens is 3. The molecular formula is C12H15ClF2N2. The molecule has 0 saturated carbocycles. The van der Waals surface area contributed by atoms with E-state index in [1.165, 1.54) is 12.1 Å². The molecule has 2 unspecified atom stereocenters. The van der Waals surface area contributed by atoms with Crippen molar-refractivity contribution in [2.45, 2.75) is 25.4 Å². The lowest BCUT2D eigenvalue weighted by Crippen LogP contribution is -2.55. The Bertz CT molecular complexity index is 439. The maximum absolute atomic E-state index is 13.8. The molecule has 94 valence electrons. The first-order valence-electron chi connectivity index (χ1n) is 5.64. The Morgan fingerprint density at radius 1 is 1.24 bits per heavy atom. The summed E-state index contributed by atoms with van der Waals surface area (Å²) in [5.74, 6) is -0.578. The summed E-state index contributed by atoms with van der Waals surface area (Å²) >= 11 is 0. The van der Waals surface area contributed by atoms with Crippen molar-refractivity contribution in [1.29, 1.82) is 0 Å². The number of fused-ring (bicyclic) bond motifs is 3. The average molecular weight is 261 g/mol. The van der Waals surface area contributed by atoms with Crippen LogP contribution in [0.15, 0.2) is 12.1 Å². The van der Waals surface area contributed by atoms with Gasteiger partial charge in [-0.05, 0) is 25.5 Å². The number of piperazine rings is 1. The highest BCUT2D eigenvalue weighted by Gasteiger charge is 2.38. The summed E-state index contributed by atoms with van der Waals surface area (Å²) in [4.78, 5) is 2.03. The molecule has 0 spiro atoms. The summed E-state index contributed by atoms with van der Waals surface area (Å²) in [6, 6.07) is 2.87. The lowest BCUT2D eigenvalue weighted by molar-refractivity contribution is 0.425. The van der Waals surface area contributed by atoms with Gasteiger partial charge in [-0.1, -0.05) is 0 Å². The van der Waals surface area contributed by atoms with E-state index in [1.54, 1.807) is 0 Å². The van der Waals surface area contributed by atoms with Crippen molar-refractivity contribution in [2.24, 2.45) is 0 Å². The van der Waals surface area contributed by atoms with Crippen LogP contribution in [-0.2, 0) is 6.42 Å². The minimum absolute atomic E-state index is 0. The highest BCUT2D eigenvalue weighted by atomic mass is 35.5. The van der Waals surface area contributed by atoms with E-state index < -0.39 is 0 Å². The van der Waals surface area contributed by atoms with Crippen molar-refractivity contribution in [1.82, 2.24) is 5.32 Å². The quantitative estimate of drug-likeness (QED) is 0.769. The third kappa shape index (κ3) is 1.79. The number of benzene rings is 1. The Morgan fingerprint density at radius 2 is 1.94 bits per heavy atom. The molecule has 2 aliphatic heterocycles. The van der Waals surface area contributed by atoms with Crippen LogP contribution < -0.4 is 10.2 Å². The summed E-state index contributed by atoms with van der Waals surface area (Å²) < 4.78 is 27.4. The van der Waals surface area contributed by atoms with Crippen molar-refractivity contribution >= 4 is 18.1 Å². The van der Waals surface area contributed by atoms with Gasteiger partial charge >= 0.3 is 0 Å². The predicted molar refractivity (Wildman–Crippen MR) is 65.9 cm³/mol. The molecule has 5 heteroatoms. The van der Waals surface area contributed by atoms with Gasteiger partial charge in [0, 0.05) is 30.7 Å². The van der Waals surface area contributed by atoms with Crippen molar-refractivity contribution < 1.29 is 8.78 Å². The summed E-state index contributed by atoms with van der Waals surface area (Å²) in [5, 5.41) is 3.29. The molecule has 1 saturated heterocycles. The van der Waals surface area contributed by atoms with E-state index in [9.17, 15) is 8.78 Å². The van der Waals surface area contributed by atoms with E-state index in [1.807, 2.05) is 11.8 Å². The largest absolute Gasteiger partial charge is 0.360 e. The second kappa shape index (κ2) is 4.42. The molecular weight excluding hydrogens is 246 g/mol.